The molecule has 180 valence electrons. The van der Waals surface area contributed by atoms with E-state index in [4.69, 9.17) is 27.9 Å². The molecule has 3 fully saturated rings. The molecule has 4 amide bonds. The fourth-order valence-electron chi connectivity index (χ4n) is 6.44. The van der Waals surface area contributed by atoms with Gasteiger partial charge >= 0.3 is 0 Å². The van der Waals surface area contributed by atoms with Crippen LogP contribution in [0.5, 0.6) is 11.5 Å². The topological polar surface area (TPSA) is 104 Å². The summed E-state index contributed by atoms with van der Waals surface area (Å²) < 4.78 is 5.51. The molecule has 0 bridgehead atoms. The van der Waals surface area contributed by atoms with E-state index in [2.05, 4.69) is 0 Å². The number of hydrogen-bond donors (Lipinski definition) is 1. The third kappa shape index (κ3) is 2.56. The van der Waals surface area contributed by atoms with Crippen molar-refractivity contribution in [3.63, 3.8) is 0 Å². The molecule has 34 heavy (non-hydrogen) atoms. The summed E-state index contributed by atoms with van der Waals surface area (Å²) in [7, 11) is 2.74. The number of hydrogen-bond acceptors (Lipinski definition) is 6. The fraction of sp³-hybridized carbons (Fsp3) is 0.500. The van der Waals surface area contributed by atoms with Gasteiger partial charge in [-0.15, -0.1) is 23.2 Å². The van der Waals surface area contributed by atoms with E-state index in [0.717, 1.165) is 4.90 Å². The molecule has 1 aromatic rings. The number of rotatable bonds is 3. The number of phenolic OH excluding ortho intramolecular Hbond substituents is 1. The molecule has 0 unspecified atom stereocenters. The Morgan fingerprint density at radius 2 is 1.82 bits per heavy atom. The first-order valence-electron chi connectivity index (χ1n) is 11.2. The van der Waals surface area contributed by atoms with Crippen LogP contribution in [0.4, 0.5) is 0 Å². The molecule has 0 aromatic heterocycles. The minimum atomic E-state index is -1.96. The maximum Gasteiger partial charge on any atom is 0.253 e. The van der Waals surface area contributed by atoms with Gasteiger partial charge in [-0.2, -0.15) is 0 Å². The van der Waals surface area contributed by atoms with E-state index in [1.165, 1.54) is 25.1 Å². The summed E-state index contributed by atoms with van der Waals surface area (Å²) in [6, 6.07) is 4.65. The van der Waals surface area contributed by atoms with Crippen molar-refractivity contribution in [2.24, 2.45) is 17.8 Å². The van der Waals surface area contributed by atoms with Gasteiger partial charge in [0.2, 0.25) is 11.8 Å². The molecule has 2 heterocycles. The Bertz CT molecular complexity index is 1180. The van der Waals surface area contributed by atoms with Crippen LogP contribution in [0.15, 0.2) is 29.8 Å². The Morgan fingerprint density at radius 3 is 2.47 bits per heavy atom. The number of ether oxygens (including phenoxy) is 1. The zero-order chi connectivity index (χ0) is 24.7. The van der Waals surface area contributed by atoms with Crippen LogP contribution in [-0.2, 0) is 19.2 Å². The number of carbonyl (C=O) groups excluding carboxylic acids is 4. The normalized spacial score (nSPS) is 36.9. The van der Waals surface area contributed by atoms with E-state index < -0.39 is 45.2 Å². The number of imide groups is 2. The minimum Gasteiger partial charge on any atom is -0.508 e. The van der Waals surface area contributed by atoms with Crippen LogP contribution in [-0.4, -0.2) is 69.0 Å². The number of aromatic hydroxyl groups is 1. The highest BCUT2D eigenvalue weighted by Crippen LogP contribution is 2.66. The molecule has 2 aliphatic heterocycles. The van der Waals surface area contributed by atoms with Gasteiger partial charge in [-0.25, -0.2) is 0 Å². The standard InChI is InChI=1S/C24H24Cl2N2O6/c1-4-28-19(30)12-9-8-11-13(16(12)20(28)31)10-23(25)21(32)27(2)22(33)24(23,26)18(11)17-14(29)6-5-7-15(17)34-3/h5-8,12-13,16,18,29H,4,9-10H2,1-3H3/t12-,13+,16-,18+,23+,24-/m0/s1. The first-order valence-corrected chi connectivity index (χ1v) is 11.9. The van der Waals surface area contributed by atoms with Gasteiger partial charge in [0, 0.05) is 25.1 Å². The van der Waals surface area contributed by atoms with E-state index in [-0.39, 0.29) is 48.3 Å². The summed E-state index contributed by atoms with van der Waals surface area (Å²) >= 11 is 14.1. The Labute approximate surface area is 206 Å². The van der Waals surface area contributed by atoms with Crippen molar-refractivity contribution < 1.29 is 29.0 Å². The Hall–Kier alpha value is -2.58. The molecular formula is C24H24Cl2N2O6. The number of fused-ring (bicyclic) bond motifs is 4. The quantitative estimate of drug-likeness (QED) is 0.383. The lowest BCUT2D eigenvalue weighted by Crippen LogP contribution is -2.60. The van der Waals surface area contributed by atoms with Gasteiger partial charge < -0.3 is 9.84 Å². The highest BCUT2D eigenvalue weighted by Gasteiger charge is 2.76. The molecule has 4 aliphatic rings. The number of nitrogens with zero attached hydrogens (tertiary/aromatic N) is 2. The van der Waals surface area contributed by atoms with E-state index in [9.17, 15) is 24.3 Å². The minimum absolute atomic E-state index is 0.0804. The summed E-state index contributed by atoms with van der Waals surface area (Å²) in [5.74, 6) is -4.79. The number of phenols is 1. The number of amides is 4. The number of halogens is 2. The predicted molar refractivity (Wildman–Crippen MR) is 123 cm³/mol. The molecule has 2 aliphatic carbocycles. The van der Waals surface area contributed by atoms with Gasteiger partial charge in [0.25, 0.3) is 11.8 Å². The first kappa shape index (κ1) is 23.2. The van der Waals surface area contributed by atoms with Crippen LogP contribution in [0.1, 0.15) is 31.2 Å². The molecule has 1 aromatic carbocycles. The fourth-order valence-corrected chi connectivity index (χ4v) is 7.44. The van der Waals surface area contributed by atoms with Gasteiger partial charge in [0.05, 0.1) is 18.9 Å². The highest BCUT2D eigenvalue weighted by molar-refractivity contribution is 6.53. The summed E-state index contributed by atoms with van der Waals surface area (Å²) in [6.07, 6.45) is 2.02. The van der Waals surface area contributed by atoms with Crippen LogP contribution in [0.3, 0.4) is 0 Å². The van der Waals surface area contributed by atoms with Crippen LogP contribution in [0, 0.1) is 17.8 Å². The molecule has 0 spiro atoms. The summed E-state index contributed by atoms with van der Waals surface area (Å²) in [5.41, 5.74) is 0.836. The number of benzene rings is 1. The lowest BCUT2D eigenvalue weighted by atomic mass is 9.56. The highest BCUT2D eigenvalue weighted by atomic mass is 35.5. The van der Waals surface area contributed by atoms with Crippen molar-refractivity contribution >= 4 is 46.8 Å². The molecule has 5 rings (SSSR count). The van der Waals surface area contributed by atoms with Gasteiger partial charge in [-0.05, 0) is 37.8 Å². The lowest BCUT2D eigenvalue weighted by Gasteiger charge is -2.51. The molecule has 1 N–H and O–H groups in total. The van der Waals surface area contributed by atoms with Crippen molar-refractivity contribution in [3.8, 4) is 11.5 Å². The predicted octanol–water partition coefficient (Wildman–Crippen LogP) is 2.41. The monoisotopic (exact) mass is 506 g/mol. The smallest absolute Gasteiger partial charge is 0.253 e. The van der Waals surface area contributed by atoms with E-state index in [1.807, 2.05) is 6.08 Å². The number of alkyl halides is 2. The average molecular weight is 507 g/mol. The van der Waals surface area contributed by atoms with Gasteiger partial charge in [-0.1, -0.05) is 17.7 Å². The van der Waals surface area contributed by atoms with Gasteiger partial charge in [0.1, 0.15) is 11.5 Å². The van der Waals surface area contributed by atoms with Crippen molar-refractivity contribution in [2.75, 3.05) is 20.7 Å². The first-order chi connectivity index (χ1) is 16.0. The van der Waals surface area contributed by atoms with E-state index >= 15 is 0 Å². The van der Waals surface area contributed by atoms with Crippen molar-refractivity contribution in [1.29, 1.82) is 0 Å². The van der Waals surface area contributed by atoms with Crippen molar-refractivity contribution in [2.45, 2.75) is 35.4 Å². The number of methoxy groups -OCH3 is 1. The second kappa shape index (κ2) is 7.46. The Balaban J connectivity index is 1.79. The number of allylic oxidation sites excluding steroid dienone is 2. The molecule has 8 nitrogen and oxygen atoms in total. The second-order valence-electron chi connectivity index (χ2n) is 9.31. The summed E-state index contributed by atoms with van der Waals surface area (Å²) in [5, 5.41) is 10.9. The van der Waals surface area contributed by atoms with Crippen LogP contribution >= 0.6 is 23.2 Å². The second-order valence-corrected chi connectivity index (χ2v) is 10.6. The van der Waals surface area contributed by atoms with Gasteiger partial charge in [0.15, 0.2) is 9.75 Å². The molecule has 1 saturated carbocycles. The molecular weight excluding hydrogens is 483 g/mol. The maximum absolute atomic E-state index is 13.5. The average Bonchev–Trinajstić information content (AvgIpc) is 3.14. The summed E-state index contributed by atoms with van der Waals surface area (Å²) in [6.45, 7) is 1.98. The Kier molecular flexibility index (Phi) is 5.08. The number of carbonyl (C=O) groups is 4. The van der Waals surface area contributed by atoms with Gasteiger partial charge in [-0.3, -0.25) is 29.0 Å². The SMILES string of the molecule is CCN1C(=O)[C@H]2[C@H](CC=C3[C@H]2C[C@@]2(Cl)C(=O)N(C)C(=O)[C@@]2(Cl)[C@H]3c2c(O)cccc2OC)C1=O. The number of likely N-dealkylation sites (tertiary alicyclic amines) is 2. The molecule has 2 saturated heterocycles. The third-order valence-electron chi connectivity index (χ3n) is 7.97. The maximum atomic E-state index is 13.5. The van der Waals surface area contributed by atoms with Crippen LogP contribution in [0.2, 0.25) is 0 Å². The lowest BCUT2D eigenvalue weighted by molar-refractivity contribution is -0.141. The molecule has 10 heteroatoms. The van der Waals surface area contributed by atoms with E-state index in [0.29, 0.717) is 5.57 Å². The van der Waals surface area contributed by atoms with Crippen molar-refractivity contribution in [1.82, 2.24) is 9.80 Å². The largest absolute Gasteiger partial charge is 0.508 e. The molecule has 0 radical (unpaired) electrons. The Morgan fingerprint density at radius 1 is 1.12 bits per heavy atom. The van der Waals surface area contributed by atoms with E-state index in [1.54, 1.807) is 19.1 Å². The zero-order valence-corrected chi connectivity index (χ0v) is 20.4. The summed E-state index contributed by atoms with van der Waals surface area (Å²) in [4.78, 5) is 51.4. The third-order valence-corrected chi connectivity index (χ3v) is 9.39. The van der Waals surface area contributed by atoms with Crippen molar-refractivity contribution in [3.05, 3.63) is 35.4 Å². The molecule has 6 atom stereocenters. The zero-order valence-electron chi connectivity index (χ0n) is 18.9. The van der Waals surface area contributed by atoms with Crippen LogP contribution in [0.25, 0.3) is 0 Å². The van der Waals surface area contributed by atoms with Crippen LogP contribution < -0.4 is 4.74 Å².